The topological polar surface area (TPSA) is 65.8 Å². The lowest BCUT2D eigenvalue weighted by Gasteiger charge is -2.23. The molecule has 1 heterocycles. The molecule has 0 aromatic carbocycles. The summed E-state index contributed by atoms with van der Waals surface area (Å²) in [5, 5.41) is 12.5. The van der Waals surface area contributed by atoms with Gasteiger partial charge in [0.25, 0.3) is 5.91 Å². The van der Waals surface area contributed by atoms with Gasteiger partial charge < -0.3 is 5.32 Å². The maximum Gasteiger partial charge on any atom is 0.252 e. The third-order valence-electron chi connectivity index (χ3n) is 3.85. The Kier molecular flexibility index (Phi) is 4.25. The second-order valence-corrected chi connectivity index (χ2v) is 7.06. The van der Waals surface area contributed by atoms with Gasteiger partial charge in [0.15, 0.2) is 0 Å². The Morgan fingerprint density at radius 3 is 2.52 bits per heavy atom. The molecule has 0 bridgehead atoms. The van der Waals surface area contributed by atoms with Crippen molar-refractivity contribution in [2.75, 3.05) is 0 Å². The molecule has 1 N–H and O–H groups in total. The molecular formula is C16H20ClN3O. The van der Waals surface area contributed by atoms with Crippen LogP contribution in [0.5, 0.6) is 0 Å². The molecule has 5 heteroatoms. The van der Waals surface area contributed by atoms with Crippen LogP contribution in [0.2, 0.25) is 5.15 Å². The molecule has 0 atom stereocenters. The van der Waals surface area contributed by atoms with Crippen LogP contribution in [0, 0.1) is 11.3 Å². The third kappa shape index (κ3) is 3.54. The number of aromatic nitrogens is 1. The number of halogens is 1. The summed E-state index contributed by atoms with van der Waals surface area (Å²) in [5.74, 6) is -0.256. The lowest BCUT2D eigenvalue weighted by Crippen LogP contribution is -2.45. The van der Waals surface area contributed by atoms with Gasteiger partial charge in [0.2, 0.25) is 0 Å². The number of carbonyl (C=O) groups excluding carboxylic acids is 1. The van der Waals surface area contributed by atoms with E-state index in [9.17, 15) is 10.1 Å². The maximum absolute atomic E-state index is 12.4. The number of pyridine rings is 1. The van der Waals surface area contributed by atoms with E-state index in [0.29, 0.717) is 23.6 Å². The summed E-state index contributed by atoms with van der Waals surface area (Å²) in [6, 6.07) is 5.56. The van der Waals surface area contributed by atoms with Gasteiger partial charge in [0, 0.05) is 16.7 Å². The van der Waals surface area contributed by atoms with Gasteiger partial charge in [-0.15, -0.1) is 0 Å². The van der Waals surface area contributed by atoms with Crippen molar-refractivity contribution < 1.29 is 4.79 Å². The van der Waals surface area contributed by atoms with Crippen molar-refractivity contribution in [2.45, 2.75) is 57.4 Å². The van der Waals surface area contributed by atoms with Crippen LogP contribution in [-0.2, 0) is 5.41 Å². The van der Waals surface area contributed by atoms with Gasteiger partial charge in [-0.1, -0.05) is 32.4 Å². The summed E-state index contributed by atoms with van der Waals surface area (Å²) < 4.78 is 0. The number of nitriles is 1. The van der Waals surface area contributed by atoms with Gasteiger partial charge in [-0.3, -0.25) is 4.79 Å². The van der Waals surface area contributed by atoms with Crippen LogP contribution >= 0.6 is 11.6 Å². The monoisotopic (exact) mass is 305 g/mol. The number of nitrogens with zero attached hydrogens (tertiary/aromatic N) is 2. The minimum absolute atomic E-state index is 0.194. The molecule has 0 spiro atoms. The molecule has 1 fully saturated rings. The molecule has 4 nitrogen and oxygen atoms in total. The summed E-state index contributed by atoms with van der Waals surface area (Å²) in [5.41, 5.74) is 0.300. The highest BCUT2D eigenvalue weighted by Gasteiger charge is 2.35. The fourth-order valence-electron chi connectivity index (χ4n) is 2.55. The van der Waals surface area contributed by atoms with E-state index in [0.717, 1.165) is 18.5 Å². The minimum atomic E-state index is -0.727. The quantitative estimate of drug-likeness (QED) is 0.849. The molecule has 0 unspecified atom stereocenters. The summed E-state index contributed by atoms with van der Waals surface area (Å²) in [6.45, 7) is 6.04. The highest BCUT2D eigenvalue weighted by Crippen LogP contribution is 2.30. The van der Waals surface area contributed by atoms with Crippen LogP contribution in [0.4, 0.5) is 0 Å². The largest absolute Gasteiger partial charge is 0.334 e. The number of rotatable bonds is 2. The SMILES string of the molecule is CC(C)(C)c1cc(C(=O)NC2(C#N)CCCC2)cc(Cl)n1. The molecule has 112 valence electrons. The summed E-state index contributed by atoms with van der Waals surface area (Å²) in [6.07, 6.45) is 3.36. The van der Waals surface area contributed by atoms with E-state index >= 15 is 0 Å². The second kappa shape index (κ2) is 5.65. The molecule has 1 aromatic heterocycles. The number of nitrogens with one attached hydrogen (secondary N) is 1. The van der Waals surface area contributed by atoms with Gasteiger partial charge in [0.1, 0.15) is 10.7 Å². The molecule has 1 aliphatic carbocycles. The highest BCUT2D eigenvalue weighted by molar-refractivity contribution is 6.29. The molecule has 0 saturated heterocycles. The standard InChI is InChI=1S/C16H20ClN3O/c1-15(2,3)12-8-11(9-13(17)19-12)14(21)20-16(10-18)6-4-5-7-16/h8-9H,4-7H2,1-3H3,(H,20,21). The van der Waals surface area contributed by atoms with Crippen LogP contribution in [-0.4, -0.2) is 16.4 Å². The molecule has 1 aliphatic rings. The van der Waals surface area contributed by atoms with Crippen molar-refractivity contribution in [1.29, 1.82) is 5.26 Å². The van der Waals surface area contributed by atoms with E-state index in [1.165, 1.54) is 0 Å². The first-order valence-corrected chi connectivity index (χ1v) is 7.55. The second-order valence-electron chi connectivity index (χ2n) is 6.67. The van der Waals surface area contributed by atoms with Crippen LogP contribution in [0.25, 0.3) is 0 Å². The molecule has 1 saturated carbocycles. The van der Waals surface area contributed by atoms with Crippen molar-refractivity contribution in [1.82, 2.24) is 10.3 Å². The van der Waals surface area contributed by atoms with E-state index < -0.39 is 5.54 Å². The van der Waals surface area contributed by atoms with Crippen molar-refractivity contribution in [2.24, 2.45) is 0 Å². The molecule has 1 amide bonds. The Morgan fingerprint density at radius 2 is 2.00 bits per heavy atom. The molecule has 2 rings (SSSR count). The van der Waals surface area contributed by atoms with Gasteiger partial charge in [-0.2, -0.15) is 5.26 Å². The number of hydrogen-bond acceptors (Lipinski definition) is 3. The first-order chi connectivity index (χ1) is 9.76. The highest BCUT2D eigenvalue weighted by atomic mass is 35.5. The molecule has 0 aliphatic heterocycles. The summed E-state index contributed by atoms with van der Waals surface area (Å²) in [4.78, 5) is 16.7. The predicted molar refractivity (Wildman–Crippen MR) is 82.2 cm³/mol. The Hall–Kier alpha value is -1.60. The average Bonchev–Trinajstić information content (AvgIpc) is 2.86. The average molecular weight is 306 g/mol. The van der Waals surface area contributed by atoms with Gasteiger partial charge in [-0.05, 0) is 37.8 Å². The van der Waals surface area contributed by atoms with Crippen molar-refractivity contribution >= 4 is 17.5 Å². The van der Waals surface area contributed by atoms with E-state index in [1.807, 2.05) is 20.8 Å². The Balaban J connectivity index is 2.28. The third-order valence-corrected chi connectivity index (χ3v) is 4.04. The van der Waals surface area contributed by atoms with Gasteiger partial charge in [-0.25, -0.2) is 4.98 Å². The molecule has 21 heavy (non-hydrogen) atoms. The van der Waals surface area contributed by atoms with Crippen molar-refractivity contribution in [3.05, 3.63) is 28.5 Å². The summed E-state index contributed by atoms with van der Waals surface area (Å²) in [7, 11) is 0. The van der Waals surface area contributed by atoms with Gasteiger partial charge in [0.05, 0.1) is 6.07 Å². The molecule has 0 radical (unpaired) electrons. The van der Waals surface area contributed by atoms with Crippen LogP contribution < -0.4 is 5.32 Å². The molecular weight excluding hydrogens is 286 g/mol. The van der Waals surface area contributed by atoms with E-state index in [-0.39, 0.29) is 11.3 Å². The van der Waals surface area contributed by atoms with E-state index in [4.69, 9.17) is 11.6 Å². The van der Waals surface area contributed by atoms with Gasteiger partial charge >= 0.3 is 0 Å². The Morgan fingerprint density at radius 1 is 1.38 bits per heavy atom. The van der Waals surface area contributed by atoms with Crippen molar-refractivity contribution in [3.63, 3.8) is 0 Å². The van der Waals surface area contributed by atoms with E-state index in [2.05, 4.69) is 16.4 Å². The fourth-order valence-corrected chi connectivity index (χ4v) is 2.75. The normalized spacial score (nSPS) is 17.3. The zero-order valence-electron chi connectivity index (χ0n) is 12.7. The van der Waals surface area contributed by atoms with Crippen LogP contribution in [0.1, 0.15) is 62.5 Å². The minimum Gasteiger partial charge on any atom is -0.334 e. The number of carbonyl (C=O) groups is 1. The maximum atomic E-state index is 12.4. The smallest absolute Gasteiger partial charge is 0.252 e. The Labute approximate surface area is 130 Å². The van der Waals surface area contributed by atoms with Crippen LogP contribution in [0.3, 0.4) is 0 Å². The fraction of sp³-hybridized carbons (Fsp3) is 0.562. The zero-order chi connectivity index (χ0) is 15.7. The lowest BCUT2D eigenvalue weighted by molar-refractivity contribution is 0.0920. The Bertz CT molecular complexity index is 593. The lowest BCUT2D eigenvalue weighted by atomic mass is 9.90. The number of hydrogen-bond donors (Lipinski definition) is 1. The first kappa shape index (κ1) is 15.8. The van der Waals surface area contributed by atoms with Crippen LogP contribution in [0.15, 0.2) is 12.1 Å². The van der Waals surface area contributed by atoms with Crippen molar-refractivity contribution in [3.8, 4) is 6.07 Å². The molecule has 1 aromatic rings. The predicted octanol–water partition coefficient (Wildman–Crippen LogP) is 3.60. The summed E-state index contributed by atoms with van der Waals surface area (Å²) >= 11 is 6.03. The number of amides is 1. The van der Waals surface area contributed by atoms with E-state index in [1.54, 1.807) is 12.1 Å². The first-order valence-electron chi connectivity index (χ1n) is 7.18. The zero-order valence-corrected chi connectivity index (χ0v) is 13.4.